The van der Waals surface area contributed by atoms with Crippen LogP contribution in [0.1, 0.15) is 16.4 Å². The number of fused-ring (bicyclic) bond motifs is 4. The Hall–Kier alpha value is -2.23. The van der Waals surface area contributed by atoms with E-state index in [9.17, 15) is 0 Å². The van der Waals surface area contributed by atoms with Gasteiger partial charge in [0.1, 0.15) is 11.9 Å². The predicted molar refractivity (Wildman–Crippen MR) is 97.1 cm³/mol. The van der Waals surface area contributed by atoms with Gasteiger partial charge in [-0.15, -0.1) is 11.8 Å². The van der Waals surface area contributed by atoms with E-state index in [-0.39, 0.29) is 17.6 Å². The predicted octanol–water partition coefficient (Wildman–Crippen LogP) is 3.08. The second kappa shape index (κ2) is 4.65. The quantitative estimate of drug-likeness (QED) is 0.788. The summed E-state index contributed by atoms with van der Waals surface area (Å²) in [5, 5.41) is 5.00. The van der Waals surface area contributed by atoms with E-state index >= 15 is 0 Å². The Labute approximate surface area is 143 Å². The number of benzene rings is 1. The molecule has 1 saturated heterocycles. The molecule has 1 aromatic carbocycles. The summed E-state index contributed by atoms with van der Waals surface area (Å²) < 4.78 is 12.4. The van der Waals surface area contributed by atoms with Crippen LogP contribution in [0, 0.1) is 0 Å². The van der Waals surface area contributed by atoms with E-state index in [2.05, 4.69) is 66.1 Å². The minimum Gasteiger partial charge on any atom is -0.465 e. The third-order valence-corrected chi connectivity index (χ3v) is 6.22. The van der Waals surface area contributed by atoms with Gasteiger partial charge in [0.15, 0.2) is 0 Å². The van der Waals surface area contributed by atoms with Gasteiger partial charge in [0.2, 0.25) is 6.29 Å². The first-order valence-corrected chi connectivity index (χ1v) is 9.12. The Morgan fingerprint density at radius 1 is 0.958 bits per heavy atom. The molecular weight excluding hydrogens is 316 g/mol. The van der Waals surface area contributed by atoms with Crippen LogP contribution in [0.4, 0.5) is 0 Å². The Bertz CT molecular complexity index is 1050. The van der Waals surface area contributed by atoms with Gasteiger partial charge >= 0.3 is 0 Å². The summed E-state index contributed by atoms with van der Waals surface area (Å²) in [6, 6.07) is 4.55. The molecule has 3 unspecified atom stereocenters. The molecule has 3 heteroatoms. The second-order valence-electron chi connectivity index (χ2n) is 6.50. The first kappa shape index (κ1) is 13.1. The molecule has 0 amide bonds. The lowest BCUT2D eigenvalue weighted by Crippen LogP contribution is -2.22. The maximum Gasteiger partial charge on any atom is 0.217 e. The average Bonchev–Trinajstić information content (AvgIpc) is 3.34. The van der Waals surface area contributed by atoms with E-state index in [4.69, 9.17) is 9.47 Å². The van der Waals surface area contributed by atoms with Crippen LogP contribution in [0.2, 0.25) is 0 Å². The summed E-state index contributed by atoms with van der Waals surface area (Å²) in [6.07, 6.45) is 16.7. The lowest BCUT2D eigenvalue weighted by atomic mass is 10.0. The van der Waals surface area contributed by atoms with E-state index in [0.717, 1.165) is 5.76 Å². The molecule has 3 atom stereocenters. The standard InChI is InChI=1S/C21H14O2S/c1-3-12-7-16-11-24-20(17(16)8-13(12)4-1)21-22-18-9-14-5-2-6-15(14)10-19(18)23-21/h1-11,18,20-21H. The highest BCUT2D eigenvalue weighted by Crippen LogP contribution is 2.44. The van der Waals surface area contributed by atoms with Crippen LogP contribution in [0.5, 0.6) is 0 Å². The maximum absolute atomic E-state index is 6.24. The van der Waals surface area contributed by atoms with Crippen LogP contribution in [0.25, 0.3) is 17.6 Å². The molecule has 0 saturated carbocycles. The van der Waals surface area contributed by atoms with Gasteiger partial charge in [-0.25, -0.2) is 0 Å². The van der Waals surface area contributed by atoms with Crippen molar-refractivity contribution in [3.05, 3.63) is 87.1 Å². The molecule has 2 heterocycles. The lowest BCUT2D eigenvalue weighted by molar-refractivity contribution is -0.0443. The largest absolute Gasteiger partial charge is 0.465 e. The molecule has 0 N–H and O–H groups in total. The highest BCUT2D eigenvalue weighted by atomic mass is 32.2. The van der Waals surface area contributed by atoms with E-state index in [1.165, 1.54) is 32.7 Å². The van der Waals surface area contributed by atoms with Crippen molar-refractivity contribution in [2.75, 3.05) is 0 Å². The van der Waals surface area contributed by atoms with Crippen molar-refractivity contribution in [3.63, 3.8) is 0 Å². The Kier molecular flexibility index (Phi) is 2.54. The fourth-order valence-electron chi connectivity index (χ4n) is 3.85. The number of hydrogen-bond donors (Lipinski definition) is 0. The van der Waals surface area contributed by atoms with Crippen molar-refractivity contribution in [2.45, 2.75) is 17.6 Å². The number of rotatable bonds is 1. The van der Waals surface area contributed by atoms with Crippen molar-refractivity contribution in [1.82, 2.24) is 0 Å². The molecule has 1 aromatic rings. The maximum atomic E-state index is 6.24. The van der Waals surface area contributed by atoms with Gasteiger partial charge in [-0.1, -0.05) is 36.5 Å². The number of ether oxygens (including phenoxy) is 2. The Morgan fingerprint density at radius 3 is 2.92 bits per heavy atom. The SMILES string of the molecule is C1=CC2=CC3OC(C4SC=c5cc6c(cc54)=CC=C6)OC3=CC2=C1. The van der Waals surface area contributed by atoms with Crippen LogP contribution < -0.4 is 10.4 Å². The van der Waals surface area contributed by atoms with Gasteiger partial charge < -0.3 is 9.47 Å². The molecule has 0 spiro atoms. The monoisotopic (exact) mass is 330 g/mol. The lowest BCUT2D eigenvalue weighted by Gasteiger charge is -2.18. The van der Waals surface area contributed by atoms with Crippen molar-refractivity contribution in [2.24, 2.45) is 0 Å². The molecule has 2 nitrogen and oxygen atoms in total. The fourth-order valence-corrected chi connectivity index (χ4v) is 4.95. The summed E-state index contributed by atoms with van der Waals surface area (Å²) in [5.74, 6) is 0.933. The zero-order chi connectivity index (χ0) is 15.7. The number of hydrogen-bond acceptors (Lipinski definition) is 3. The molecule has 6 rings (SSSR count). The summed E-state index contributed by atoms with van der Waals surface area (Å²) in [4.78, 5) is 0. The molecule has 24 heavy (non-hydrogen) atoms. The molecule has 0 bridgehead atoms. The van der Waals surface area contributed by atoms with Crippen molar-refractivity contribution < 1.29 is 9.47 Å². The van der Waals surface area contributed by atoms with Crippen molar-refractivity contribution in [1.29, 1.82) is 0 Å². The minimum atomic E-state index is -0.239. The van der Waals surface area contributed by atoms with Gasteiger partial charge in [-0.3, -0.25) is 0 Å². The van der Waals surface area contributed by atoms with Crippen LogP contribution >= 0.6 is 11.8 Å². The Balaban J connectivity index is 1.35. The average molecular weight is 330 g/mol. The first-order valence-electron chi connectivity index (χ1n) is 8.17. The summed E-state index contributed by atoms with van der Waals surface area (Å²) in [7, 11) is 0. The van der Waals surface area contributed by atoms with Crippen LogP contribution in [-0.2, 0) is 9.47 Å². The van der Waals surface area contributed by atoms with Crippen LogP contribution in [0.15, 0.2) is 65.5 Å². The number of allylic oxidation sites excluding steroid dienone is 7. The summed E-state index contributed by atoms with van der Waals surface area (Å²) in [6.45, 7) is 0. The molecule has 0 radical (unpaired) electrons. The zero-order valence-corrected chi connectivity index (χ0v) is 13.6. The van der Waals surface area contributed by atoms with E-state index in [0.29, 0.717) is 0 Å². The third-order valence-electron chi connectivity index (χ3n) is 5.06. The summed E-state index contributed by atoms with van der Waals surface area (Å²) in [5.41, 5.74) is 5.06. The molecule has 1 fully saturated rings. The van der Waals surface area contributed by atoms with Crippen molar-refractivity contribution in [3.8, 4) is 0 Å². The van der Waals surface area contributed by atoms with Gasteiger partial charge in [0.05, 0.1) is 5.25 Å². The van der Waals surface area contributed by atoms with Gasteiger partial charge in [0, 0.05) is 0 Å². The molecule has 116 valence electrons. The van der Waals surface area contributed by atoms with Crippen LogP contribution in [0.3, 0.4) is 0 Å². The Morgan fingerprint density at radius 2 is 1.92 bits per heavy atom. The van der Waals surface area contributed by atoms with Crippen LogP contribution in [-0.4, -0.2) is 12.4 Å². The molecule has 3 aliphatic carbocycles. The molecule has 0 aromatic heterocycles. The van der Waals surface area contributed by atoms with E-state index in [1.807, 2.05) is 0 Å². The minimum absolute atomic E-state index is 0.0581. The topological polar surface area (TPSA) is 18.5 Å². The van der Waals surface area contributed by atoms with Gasteiger partial charge in [0.25, 0.3) is 0 Å². The highest BCUT2D eigenvalue weighted by Gasteiger charge is 2.40. The highest BCUT2D eigenvalue weighted by molar-refractivity contribution is 8.07. The van der Waals surface area contributed by atoms with E-state index < -0.39 is 0 Å². The van der Waals surface area contributed by atoms with Crippen molar-refractivity contribution >= 4 is 29.3 Å². The second-order valence-corrected chi connectivity index (χ2v) is 7.52. The molecular formula is C21H14O2S. The van der Waals surface area contributed by atoms with E-state index in [1.54, 1.807) is 11.8 Å². The first-order chi connectivity index (χ1) is 11.8. The zero-order valence-electron chi connectivity index (χ0n) is 12.8. The smallest absolute Gasteiger partial charge is 0.217 e. The van der Waals surface area contributed by atoms with Gasteiger partial charge in [-0.2, -0.15) is 0 Å². The van der Waals surface area contributed by atoms with Gasteiger partial charge in [-0.05, 0) is 62.4 Å². The summed E-state index contributed by atoms with van der Waals surface area (Å²) >= 11 is 1.80. The molecule has 2 aliphatic heterocycles. The number of thioether (sulfide) groups is 1. The normalized spacial score (nSPS) is 30.3. The molecule has 5 aliphatic rings. The third kappa shape index (κ3) is 1.77. The fraction of sp³-hybridized carbons (Fsp3) is 0.143.